The predicted octanol–water partition coefficient (Wildman–Crippen LogP) is 3.41. The van der Waals surface area contributed by atoms with Gasteiger partial charge in [0.15, 0.2) is 0 Å². The lowest BCUT2D eigenvalue weighted by Crippen LogP contribution is -2.24. The molecular formula is C14H18N2OS. The van der Waals surface area contributed by atoms with Crippen molar-refractivity contribution in [3.8, 4) is 10.6 Å². The minimum Gasteiger partial charge on any atom is -0.310 e. The van der Waals surface area contributed by atoms with Crippen LogP contribution in [0.4, 0.5) is 0 Å². The van der Waals surface area contributed by atoms with Crippen LogP contribution in [0, 0.1) is 13.8 Å². The van der Waals surface area contributed by atoms with Crippen molar-refractivity contribution in [2.75, 3.05) is 0 Å². The van der Waals surface area contributed by atoms with Gasteiger partial charge in [-0.1, -0.05) is 20.8 Å². The van der Waals surface area contributed by atoms with Crippen molar-refractivity contribution in [3.05, 3.63) is 38.8 Å². The summed E-state index contributed by atoms with van der Waals surface area (Å²) in [5, 5.41) is 0. The summed E-state index contributed by atoms with van der Waals surface area (Å²) in [5.74, 6) is 0.735. The van der Waals surface area contributed by atoms with E-state index in [1.807, 2.05) is 33.8 Å². The summed E-state index contributed by atoms with van der Waals surface area (Å²) < 4.78 is 0. The van der Waals surface area contributed by atoms with E-state index in [0.717, 1.165) is 16.4 Å². The van der Waals surface area contributed by atoms with Gasteiger partial charge in [0.1, 0.15) is 5.82 Å². The summed E-state index contributed by atoms with van der Waals surface area (Å²) in [5.41, 5.74) is 1.29. The van der Waals surface area contributed by atoms with Gasteiger partial charge >= 0.3 is 0 Å². The fraction of sp³-hybridized carbons (Fsp3) is 0.429. The Morgan fingerprint density at radius 1 is 1.22 bits per heavy atom. The SMILES string of the molecule is Cc1ccc(-c2nc(C(C)(C)C)[nH]c(=O)c2C)s1. The van der Waals surface area contributed by atoms with E-state index in [1.165, 1.54) is 4.88 Å². The number of hydrogen-bond acceptors (Lipinski definition) is 3. The molecule has 0 saturated carbocycles. The Hall–Kier alpha value is -1.42. The first-order chi connectivity index (χ1) is 8.29. The topological polar surface area (TPSA) is 45.8 Å². The van der Waals surface area contributed by atoms with Crippen LogP contribution in [0.5, 0.6) is 0 Å². The molecule has 0 bridgehead atoms. The third-order valence-electron chi connectivity index (χ3n) is 2.84. The van der Waals surface area contributed by atoms with E-state index in [0.29, 0.717) is 5.56 Å². The second kappa shape index (κ2) is 4.35. The zero-order valence-electron chi connectivity index (χ0n) is 11.4. The quantitative estimate of drug-likeness (QED) is 0.856. The molecule has 0 unspecified atom stereocenters. The van der Waals surface area contributed by atoms with E-state index in [4.69, 9.17) is 0 Å². The van der Waals surface area contributed by atoms with E-state index < -0.39 is 0 Å². The number of H-pyrrole nitrogens is 1. The lowest BCUT2D eigenvalue weighted by molar-refractivity contribution is 0.543. The van der Waals surface area contributed by atoms with Crippen molar-refractivity contribution in [2.24, 2.45) is 0 Å². The van der Waals surface area contributed by atoms with Gasteiger partial charge in [0.05, 0.1) is 10.6 Å². The third kappa shape index (κ3) is 2.38. The van der Waals surface area contributed by atoms with Gasteiger partial charge in [-0.3, -0.25) is 4.79 Å². The van der Waals surface area contributed by atoms with Gasteiger partial charge in [-0.25, -0.2) is 4.98 Å². The van der Waals surface area contributed by atoms with Crippen molar-refractivity contribution in [3.63, 3.8) is 0 Å². The molecule has 2 heterocycles. The van der Waals surface area contributed by atoms with Gasteiger partial charge in [-0.05, 0) is 26.0 Å². The van der Waals surface area contributed by atoms with E-state index in [9.17, 15) is 4.79 Å². The molecule has 2 rings (SSSR count). The number of rotatable bonds is 1. The average Bonchev–Trinajstić information content (AvgIpc) is 2.67. The maximum absolute atomic E-state index is 12.0. The van der Waals surface area contributed by atoms with E-state index in [-0.39, 0.29) is 11.0 Å². The average molecular weight is 262 g/mol. The fourth-order valence-corrected chi connectivity index (χ4v) is 2.60. The summed E-state index contributed by atoms with van der Waals surface area (Å²) >= 11 is 1.67. The molecule has 0 spiro atoms. The van der Waals surface area contributed by atoms with Crippen molar-refractivity contribution in [1.29, 1.82) is 0 Å². The molecule has 4 heteroatoms. The number of nitrogens with zero attached hydrogens (tertiary/aromatic N) is 1. The zero-order valence-corrected chi connectivity index (χ0v) is 12.2. The van der Waals surface area contributed by atoms with E-state index in [2.05, 4.69) is 23.0 Å². The van der Waals surface area contributed by atoms with Gasteiger partial charge in [0.25, 0.3) is 5.56 Å². The van der Waals surface area contributed by atoms with Crippen molar-refractivity contribution in [1.82, 2.24) is 9.97 Å². The molecule has 1 N–H and O–H groups in total. The first-order valence-electron chi connectivity index (χ1n) is 5.97. The Balaban J connectivity index is 2.67. The summed E-state index contributed by atoms with van der Waals surface area (Å²) in [6, 6.07) is 4.08. The molecule has 2 aromatic heterocycles. The maximum atomic E-state index is 12.0. The number of hydrogen-bond donors (Lipinski definition) is 1. The molecular weight excluding hydrogens is 244 g/mol. The number of aryl methyl sites for hydroxylation is 1. The first kappa shape index (κ1) is 13.0. The highest BCUT2D eigenvalue weighted by molar-refractivity contribution is 7.15. The second-order valence-corrected chi connectivity index (χ2v) is 6.84. The molecule has 0 amide bonds. The Bertz CT molecular complexity index is 632. The van der Waals surface area contributed by atoms with Gasteiger partial charge in [0.2, 0.25) is 0 Å². The smallest absolute Gasteiger partial charge is 0.254 e. The molecule has 18 heavy (non-hydrogen) atoms. The van der Waals surface area contributed by atoms with Gasteiger partial charge in [0, 0.05) is 15.9 Å². The molecule has 0 aliphatic heterocycles. The van der Waals surface area contributed by atoms with Crippen molar-refractivity contribution in [2.45, 2.75) is 40.0 Å². The molecule has 0 saturated heterocycles. The zero-order chi connectivity index (χ0) is 13.5. The maximum Gasteiger partial charge on any atom is 0.254 e. The predicted molar refractivity (Wildman–Crippen MR) is 76.3 cm³/mol. The molecule has 0 aliphatic carbocycles. The number of nitrogens with one attached hydrogen (secondary N) is 1. The van der Waals surface area contributed by atoms with E-state index >= 15 is 0 Å². The van der Waals surface area contributed by atoms with Gasteiger partial charge < -0.3 is 4.98 Å². The second-order valence-electron chi connectivity index (χ2n) is 5.55. The van der Waals surface area contributed by atoms with Crippen LogP contribution in [0.3, 0.4) is 0 Å². The van der Waals surface area contributed by atoms with Crippen LogP contribution >= 0.6 is 11.3 Å². The molecule has 0 fully saturated rings. The monoisotopic (exact) mass is 262 g/mol. The molecule has 0 atom stereocenters. The summed E-state index contributed by atoms with van der Waals surface area (Å²) in [7, 11) is 0. The van der Waals surface area contributed by atoms with Crippen LogP contribution in [0.25, 0.3) is 10.6 Å². The first-order valence-corrected chi connectivity index (χ1v) is 6.79. The number of thiophene rings is 1. The lowest BCUT2D eigenvalue weighted by atomic mass is 9.95. The highest BCUT2D eigenvalue weighted by Crippen LogP contribution is 2.28. The molecule has 3 nitrogen and oxygen atoms in total. The summed E-state index contributed by atoms with van der Waals surface area (Å²) in [6.07, 6.45) is 0. The Morgan fingerprint density at radius 3 is 2.39 bits per heavy atom. The molecule has 0 radical (unpaired) electrons. The molecule has 0 aromatic carbocycles. The Kier molecular flexibility index (Phi) is 3.15. The van der Waals surface area contributed by atoms with Crippen LogP contribution < -0.4 is 5.56 Å². The molecule has 0 aliphatic rings. The largest absolute Gasteiger partial charge is 0.310 e. The minimum atomic E-state index is -0.159. The number of aromatic amines is 1. The lowest BCUT2D eigenvalue weighted by Gasteiger charge is -2.18. The Morgan fingerprint density at radius 2 is 1.89 bits per heavy atom. The van der Waals surface area contributed by atoms with E-state index in [1.54, 1.807) is 11.3 Å². The Labute approximate surface area is 111 Å². The summed E-state index contributed by atoms with van der Waals surface area (Å²) in [4.78, 5) is 21.8. The fourth-order valence-electron chi connectivity index (χ4n) is 1.69. The van der Waals surface area contributed by atoms with Crippen molar-refractivity contribution >= 4 is 11.3 Å². The van der Waals surface area contributed by atoms with Gasteiger partial charge in [-0.2, -0.15) is 0 Å². The standard InChI is InChI=1S/C14H18N2OS/c1-8-6-7-10(18-8)11-9(2)12(17)16-13(15-11)14(3,4)5/h6-7H,1-5H3,(H,15,16,17). The third-order valence-corrected chi connectivity index (χ3v) is 3.84. The van der Waals surface area contributed by atoms with Crippen molar-refractivity contribution < 1.29 is 0 Å². The highest BCUT2D eigenvalue weighted by atomic mass is 32.1. The van der Waals surface area contributed by atoms with Crippen LogP contribution in [-0.2, 0) is 5.41 Å². The molecule has 2 aromatic rings. The normalized spacial score (nSPS) is 11.8. The van der Waals surface area contributed by atoms with Crippen LogP contribution in [0.2, 0.25) is 0 Å². The van der Waals surface area contributed by atoms with Crippen LogP contribution in [0.15, 0.2) is 16.9 Å². The minimum absolute atomic E-state index is 0.0454. The van der Waals surface area contributed by atoms with Gasteiger partial charge in [-0.15, -0.1) is 11.3 Å². The van der Waals surface area contributed by atoms with Crippen LogP contribution in [0.1, 0.15) is 37.0 Å². The number of aromatic nitrogens is 2. The van der Waals surface area contributed by atoms with Crippen LogP contribution in [-0.4, -0.2) is 9.97 Å². The highest BCUT2D eigenvalue weighted by Gasteiger charge is 2.20. The summed E-state index contributed by atoms with van der Waals surface area (Å²) in [6.45, 7) is 10.0. The molecule has 96 valence electrons.